The Hall–Kier alpha value is -1.35. The normalized spacial score (nSPS) is 10.8. The molecule has 0 bridgehead atoms. The summed E-state index contributed by atoms with van der Waals surface area (Å²) < 4.78 is 0. The van der Waals surface area contributed by atoms with E-state index < -0.39 is 0 Å². The van der Waals surface area contributed by atoms with E-state index in [0.29, 0.717) is 28.0 Å². The Morgan fingerprint density at radius 2 is 2.27 bits per heavy atom. The van der Waals surface area contributed by atoms with E-state index in [1.165, 1.54) is 0 Å². The Balaban J connectivity index is 2.69. The molecule has 1 aromatic carbocycles. The van der Waals surface area contributed by atoms with E-state index in [2.05, 4.69) is 10.2 Å². The smallest absolute Gasteiger partial charge is 0.211 e. The Kier molecular flexibility index (Phi) is 2.73. The van der Waals surface area contributed by atoms with Crippen molar-refractivity contribution >= 4 is 22.5 Å². The van der Waals surface area contributed by atoms with E-state index in [-0.39, 0.29) is 5.43 Å². The van der Waals surface area contributed by atoms with Crippen molar-refractivity contribution in [3.8, 4) is 0 Å². The second-order valence-corrected chi connectivity index (χ2v) is 3.88. The third-order valence-corrected chi connectivity index (χ3v) is 2.52. The van der Waals surface area contributed by atoms with E-state index in [0.717, 1.165) is 6.42 Å². The van der Waals surface area contributed by atoms with Crippen molar-refractivity contribution < 1.29 is 0 Å². The lowest BCUT2D eigenvalue weighted by Gasteiger charge is -2.00. The van der Waals surface area contributed by atoms with Crippen LogP contribution in [0.15, 0.2) is 23.0 Å². The number of hydrogen-bond donors (Lipinski definition) is 1. The van der Waals surface area contributed by atoms with Gasteiger partial charge in [-0.2, -0.15) is 5.10 Å². The van der Waals surface area contributed by atoms with Crippen molar-refractivity contribution in [2.75, 3.05) is 0 Å². The molecular formula is C11H11ClN2O. The van der Waals surface area contributed by atoms with E-state index in [9.17, 15) is 4.79 Å². The summed E-state index contributed by atoms with van der Waals surface area (Å²) in [6.07, 6.45) is 1.61. The lowest BCUT2D eigenvalue weighted by molar-refractivity contribution is 0.840. The van der Waals surface area contributed by atoms with Gasteiger partial charge in [0, 0.05) is 10.4 Å². The number of aromatic amines is 1. The minimum absolute atomic E-state index is 0.00210. The van der Waals surface area contributed by atoms with Crippen LogP contribution in [-0.4, -0.2) is 10.2 Å². The fraction of sp³-hybridized carbons (Fsp3) is 0.273. The Morgan fingerprint density at radius 3 is 3.00 bits per heavy atom. The van der Waals surface area contributed by atoms with Crippen molar-refractivity contribution in [1.82, 2.24) is 10.2 Å². The topological polar surface area (TPSA) is 45.8 Å². The van der Waals surface area contributed by atoms with Gasteiger partial charge in [-0.25, -0.2) is 0 Å². The Labute approximate surface area is 92.1 Å². The van der Waals surface area contributed by atoms with Crippen molar-refractivity contribution in [2.45, 2.75) is 19.8 Å². The van der Waals surface area contributed by atoms with Gasteiger partial charge in [-0.15, -0.1) is 0 Å². The third-order valence-electron chi connectivity index (χ3n) is 2.29. The second kappa shape index (κ2) is 4.03. The number of aromatic nitrogens is 2. The average Bonchev–Trinajstić information content (AvgIpc) is 2.22. The zero-order chi connectivity index (χ0) is 10.8. The standard InChI is InChI=1S/C11H11ClN2O/c1-2-3-9-11(15)8-5-4-7(12)6-10(8)14-13-9/h4-6H,2-3H2,1H3,(H,14,15). The molecule has 0 saturated carbocycles. The molecule has 0 aliphatic rings. The van der Waals surface area contributed by atoms with Gasteiger partial charge in [0.15, 0.2) is 0 Å². The van der Waals surface area contributed by atoms with Gasteiger partial charge in [-0.05, 0) is 24.6 Å². The van der Waals surface area contributed by atoms with Gasteiger partial charge in [0.1, 0.15) is 5.69 Å². The molecule has 78 valence electrons. The molecule has 0 radical (unpaired) electrons. The Bertz CT molecular complexity index is 548. The summed E-state index contributed by atoms with van der Waals surface area (Å²) in [6, 6.07) is 5.16. The zero-order valence-corrected chi connectivity index (χ0v) is 9.14. The van der Waals surface area contributed by atoms with Crippen LogP contribution in [0.4, 0.5) is 0 Å². The van der Waals surface area contributed by atoms with Gasteiger partial charge < -0.3 is 0 Å². The lowest BCUT2D eigenvalue weighted by Crippen LogP contribution is -2.13. The summed E-state index contributed by atoms with van der Waals surface area (Å²) in [6.45, 7) is 2.02. The number of aryl methyl sites for hydroxylation is 1. The molecule has 1 heterocycles. The first-order chi connectivity index (χ1) is 7.22. The monoisotopic (exact) mass is 222 g/mol. The average molecular weight is 223 g/mol. The molecule has 1 N–H and O–H groups in total. The minimum Gasteiger partial charge on any atom is -0.287 e. The molecule has 1 aromatic heterocycles. The second-order valence-electron chi connectivity index (χ2n) is 3.44. The van der Waals surface area contributed by atoms with Gasteiger partial charge in [0.05, 0.1) is 5.52 Å². The number of halogens is 1. The number of rotatable bonds is 2. The van der Waals surface area contributed by atoms with Crippen molar-refractivity contribution in [2.24, 2.45) is 0 Å². The number of hydrogen-bond acceptors (Lipinski definition) is 2. The number of fused-ring (bicyclic) bond motifs is 1. The first kappa shape index (κ1) is 10.2. The van der Waals surface area contributed by atoms with Crippen LogP contribution in [0.3, 0.4) is 0 Å². The molecule has 0 saturated heterocycles. The van der Waals surface area contributed by atoms with Crippen LogP contribution >= 0.6 is 11.6 Å². The Morgan fingerprint density at radius 1 is 1.47 bits per heavy atom. The highest BCUT2D eigenvalue weighted by molar-refractivity contribution is 6.31. The SMILES string of the molecule is CCCc1n[nH]c2cc(Cl)ccc2c1=O. The molecule has 0 atom stereocenters. The number of benzene rings is 1. The molecule has 0 fully saturated rings. The fourth-order valence-corrected chi connectivity index (χ4v) is 1.72. The molecule has 15 heavy (non-hydrogen) atoms. The minimum atomic E-state index is 0.00210. The van der Waals surface area contributed by atoms with Gasteiger partial charge in [0.25, 0.3) is 0 Å². The summed E-state index contributed by atoms with van der Waals surface area (Å²) in [5.74, 6) is 0. The zero-order valence-electron chi connectivity index (χ0n) is 8.38. The van der Waals surface area contributed by atoms with Crippen molar-refractivity contribution in [1.29, 1.82) is 0 Å². The number of nitrogens with one attached hydrogen (secondary N) is 1. The molecule has 3 nitrogen and oxygen atoms in total. The van der Waals surface area contributed by atoms with Gasteiger partial charge in [0.2, 0.25) is 5.43 Å². The van der Waals surface area contributed by atoms with Crippen LogP contribution in [0.5, 0.6) is 0 Å². The molecule has 0 aliphatic carbocycles. The first-order valence-electron chi connectivity index (χ1n) is 4.89. The van der Waals surface area contributed by atoms with Crippen LogP contribution in [0.1, 0.15) is 19.0 Å². The number of H-pyrrole nitrogens is 1. The third kappa shape index (κ3) is 1.88. The summed E-state index contributed by atoms with van der Waals surface area (Å²) in [4.78, 5) is 11.9. The lowest BCUT2D eigenvalue weighted by atomic mass is 10.1. The molecule has 0 amide bonds. The molecule has 0 unspecified atom stereocenters. The quantitative estimate of drug-likeness (QED) is 0.849. The van der Waals surface area contributed by atoms with Gasteiger partial charge >= 0.3 is 0 Å². The maximum atomic E-state index is 11.9. The highest BCUT2D eigenvalue weighted by Crippen LogP contribution is 2.14. The van der Waals surface area contributed by atoms with Crippen LogP contribution in [-0.2, 0) is 6.42 Å². The summed E-state index contributed by atoms with van der Waals surface area (Å²) in [5.41, 5.74) is 1.28. The van der Waals surface area contributed by atoms with Gasteiger partial charge in [-0.3, -0.25) is 9.89 Å². The summed E-state index contributed by atoms with van der Waals surface area (Å²) in [7, 11) is 0. The molecule has 0 spiro atoms. The van der Waals surface area contributed by atoms with Crippen LogP contribution in [0, 0.1) is 0 Å². The van der Waals surface area contributed by atoms with E-state index in [1.54, 1.807) is 18.2 Å². The van der Waals surface area contributed by atoms with Gasteiger partial charge in [-0.1, -0.05) is 24.9 Å². The molecular weight excluding hydrogens is 212 g/mol. The van der Waals surface area contributed by atoms with E-state index in [4.69, 9.17) is 11.6 Å². The molecule has 2 rings (SSSR count). The fourth-order valence-electron chi connectivity index (χ4n) is 1.55. The van der Waals surface area contributed by atoms with Crippen LogP contribution in [0.25, 0.3) is 10.9 Å². The predicted octanol–water partition coefficient (Wildman–Crippen LogP) is 2.53. The van der Waals surface area contributed by atoms with Crippen LogP contribution < -0.4 is 5.43 Å². The molecule has 0 aliphatic heterocycles. The van der Waals surface area contributed by atoms with E-state index >= 15 is 0 Å². The predicted molar refractivity (Wildman–Crippen MR) is 61.4 cm³/mol. The largest absolute Gasteiger partial charge is 0.287 e. The molecule has 4 heteroatoms. The van der Waals surface area contributed by atoms with E-state index in [1.807, 2.05) is 6.92 Å². The maximum Gasteiger partial charge on any atom is 0.211 e. The van der Waals surface area contributed by atoms with Crippen molar-refractivity contribution in [3.05, 3.63) is 39.1 Å². The highest BCUT2D eigenvalue weighted by Gasteiger charge is 2.05. The van der Waals surface area contributed by atoms with Crippen LogP contribution in [0.2, 0.25) is 5.02 Å². The maximum absolute atomic E-state index is 11.9. The number of nitrogens with zero attached hydrogens (tertiary/aromatic N) is 1. The highest BCUT2D eigenvalue weighted by atomic mass is 35.5. The molecule has 2 aromatic rings. The first-order valence-corrected chi connectivity index (χ1v) is 5.27. The summed E-state index contributed by atoms with van der Waals surface area (Å²) >= 11 is 5.82. The van der Waals surface area contributed by atoms with Crippen molar-refractivity contribution in [3.63, 3.8) is 0 Å². The summed E-state index contributed by atoms with van der Waals surface area (Å²) in [5, 5.41) is 8.14.